The van der Waals surface area contributed by atoms with E-state index in [1.54, 1.807) is 0 Å². The standard InChI is InChI=1S/C10H11IO/c11-7-8-3-4-10-9(6-8)2-1-5-12-10/h3-4,6H,1-2,5,7H2. The van der Waals surface area contributed by atoms with Gasteiger partial charge >= 0.3 is 0 Å². The van der Waals surface area contributed by atoms with E-state index in [9.17, 15) is 0 Å². The molecule has 0 unspecified atom stereocenters. The number of ether oxygens (including phenoxy) is 1. The van der Waals surface area contributed by atoms with E-state index >= 15 is 0 Å². The molecule has 0 saturated carbocycles. The molecular formula is C10H11IO. The summed E-state index contributed by atoms with van der Waals surface area (Å²) in [4.78, 5) is 0. The lowest BCUT2D eigenvalue weighted by Crippen LogP contribution is -2.08. The molecule has 1 nitrogen and oxygen atoms in total. The molecule has 0 amide bonds. The Morgan fingerprint density at radius 1 is 1.42 bits per heavy atom. The second kappa shape index (κ2) is 3.64. The maximum absolute atomic E-state index is 5.52. The summed E-state index contributed by atoms with van der Waals surface area (Å²) in [6.07, 6.45) is 2.34. The summed E-state index contributed by atoms with van der Waals surface area (Å²) in [5.41, 5.74) is 2.79. The monoisotopic (exact) mass is 274 g/mol. The van der Waals surface area contributed by atoms with Gasteiger partial charge < -0.3 is 4.74 Å². The van der Waals surface area contributed by atoms with Crippen molar-refractivity contribution < 1.29 is 4.74 Å². The van der Waals surface area contributed by atoms with E-state index in [0.717, 1.165) is 23.2 Å². The Morgan fingerprint density at radius 2 is 2.33 bits per heavy atom. The largest absolute Gasteiger partial charge is 0.493 e. The molecule has 2 rings (SSSR count). The normalized spacial score (nSPS) is 15.1. The topological polar surface area (TPSA) is 9.23 Å². The third-order valence-electron chi connectivity index (χ3n) is 2.13. The molecular weight excluding hydrogens is 263 g/mol. The van der Waals surface area contributed by atoms with Crippen LogP contribution in [0.3, 0.4) is 0 Å². The van der Waals surface area contributed by atoms with Gasteiger partial charge in [0.05, 0.1) is 6.61 Å². The zero-order valence-corrected chi connectivity index (χ0v) is 9.00. The van der Waals surface area contributed by atoms with Crippen molar-refractivity contribution >= 4 is 22.6 Å². The molecule has 0 aliphatic carbocycles. The second-order valence-electron chi connectivity index (χ2n) is 3.03. The van der Waals surface area contributed by atoms with Gasteiger partial charge in [0, 0.05) is 4.43 Å². The Balaban J connectivity index is 2.36. The van der Waals surface area contributed by atoms with Crippen LogP contribution in [0.25, 0.3) is 0 Å². The average Bonchev–Trinajstić information content (AvgIpc) is 2.17. The van der Waals surface area contributed by atoms with Crippen molar-refractivity contribution in [2.45, 2.75) is 17.3 Å². The van der Waals surface area contributed by atoms with E-state index < -0.39 is 0 Å². The summed E-state index contributed by atoms with van der Waals surface area (Å²) >= 11 is 2.39. The van der Waals surface area contributed by atoms with Gasteiger partial charge in [0.15, 0.2) is 0 Å². The number of rotatable bonds is 1. The van der Waals surface area contributed by atoms with Crippen molar-refractivity contribution in [3.8, 4) is 5.75 Å². The number of alkyl halides is 1. The highest BCUT2D eigenvalue weighted by Gasteiger charge is 2.09. The Labute approximate surface area is 86.3 Å². The Bertz CT molecular complexity index is 283. The molecule has 0 atom stereocenters. The first kappa shape index (κ1) is 8.35. The van der Waals surface area contributed by atoms with Crippen LogP contribution in [0.15, 0.2) is 18.2 Å². The second-order valence-corrected chi connectivity index (χ2v) is 3.79. The molecule has 1 aromatic rings. The number of fused-ring (bicyclic) bond motifs is 1. The molecule has 0 spiro atoms. The van der Waals surface area contributed by atoms with E-state index in [2.05, 4.69) is 40.8 Å². The van der Waals surface area contributed by atoms with Crippen molar-refractivity contribution in [1.29, 1.82) is 0 Å². The van der Waals surface area contributed by atoms with Gasteiger partial charge in [-0.05, 0) is 30.0 Å². The minimum Gasteiger partial charge on any atom is -0.493 e. The number of benzene rings is 1. The summed E-state index contributed by atoms with van der Waals surface area (Å²) in [5, 5.41) is 0. The highest BCUT2D eigenvalue weighted by atomic mass is 127. The highest BCUT2D eigenvalue weighted by molar-refractivity contribution is 14.1. The first-order chi connectivity index (χ1) is 5.90. The molecule has 0 bridgehead atoms. The Hall–Kier alpha value is -0.250. The van der Waals surface area contributed by atoms with Crippen LogP contribution in [0, 0.1) is 0 Å². The van der Waals surface area contributed by atoms with Crippen LogP contribution in [0.2, 0.25) is 0 Å². The molecule has 1 aliphatic heterocycles. The number of aryl methyl sites for hydroxylation is 1. The predicted octanol–water partition coefficient (Wildman–Crippen LogP) is 2.95. The van der Waals surface area contributed by atoms with Gasteiger partial charge in [-0.15, -0.1) is 0 Å². The molecule has 0 N–H and O–H groups in total. The molecule has 12 heavy (non-hydrogen) atoms. The lowest BCUT2D eigenvalue weighted by molar-refractivity contribution is 0.288. The zero-order chi connectivity index (χ0) is 8.39. The summed E-state index contributed by atoms with van der Waals surface area (Å²) in [6, 6.07) is 6.51. The van der Waals surface area contributed by atoms with Crippen LogP contribution in [-0.2, 0) is 10.8 Å². The van der Waals surface area contributed by atoms with E-state index in [1.807, 2.05) is 0 Å². The molecule has 0 fully saturated rings. The fourth-order valence-corrected chi connectivity index (χ4v) is 1.97. The van der Waals surface area contributed by atoms with Gasteiger partial charge in [-0.2, -0.15) is 0 Å². The molecule has 1 heterocycles. The van der Waals surface area contributed by atoms with Crippen molar-refractivity contribution in [1.82, 2.24) is 0 Å². The van der Waals surface area contributed by atoms with E-state index in [4.69, 9.17) is 4.74 Å². The van der Waals surface area contributed by atoms with Crippen LogP contribution in [-0.4, -0.2) is 6.61 Å². The van der Waals surface area contributed by atoms with Crippen LogP contribution in [0.5, 0.6) is 5.75 Å². The van der Waals surface area contributed by atoms with Crippen LogP contribution in [0.1, 0.15) is 17.5 Å². The van der Waals surface area contributed by atoms with Crippen molar-refractivity contribution in [2.24, 2.45) is 0 Å². The average molecular weight is 274 g/mol. The summed E-state index contributed by atoms with van der Waals surface area (Å²) in [7, 11) is 0. The number of hydrogen-bond acceptors (Lipinski definition) is 1. The molecule has 2 heteroatoms. The summed E-state index contributed by atoms with van der Waals surface area (Å²) < 4.78 is 6.61. The predicted molar refractivity (Wildman–Crippen MR) is 58.0 cm³/mol. The Morgan fingerprint density at radius 3 is 3.17 bits per heavy atom. The van der Waals surface area contributed by atoms with Gasteiger partial charge in [-0.1, -0.05) is 34.7 Å². The maximum Gasteiger partial charge on any atom is 0.122 e. The fraction of sp³-hybridized carbons (Fsp3) is 0.400. The lowest BCUT2D eigenvalue weighted by Gasteiger charge is -2.17. The summed E-state index contributed by atoms with van der Waals surface area (Å²) in [5.74, 6) is 1.09. The van der Waals surface area contributed by atoms with E-state index in [0.29, 0.717) is 0 Å². The van der Waals surface area contributed by atoms with Crippen LogP contribution >= 0.6 is 22.6 Å². The van der Waals surface area contributed by atoms with Gasteiger partial charge in [-0.3, -0.25) is 0 Å². The van der Waals surface area contributed by atoms with E-state index in [-0.39, 0.29) is 0 Å². The minimum atomic E-state index is 0.885. The van der Waals surface area contributed by atoms with Crippen LogP contribution in [0.4, 0.5) is 0 Å². The first-order valence-electron chi connectivity index (χ1n) is 4.21. The molecule has 64 valence electrons. The molecule has 1 aliphatic rings. The van der Waals surface area contributed by atoms with Gasteiger partial charge in [0.1, 0.15) is 5.75 Å². The fourth-order valence-electron chi connectivity index (χ4n) is 1.50. The quantitative estimate of drug-likeness (QED) is 0.565. The third kappa shape index (κ3) is 1.58. The van der Waals surface area contributed by atoms with Crippen molar-refractivity contribution in [3.05, 3.63) is 29.3 Å². The highest BCUT2D eigenvalue weighted by Crippen LogP contribution is 2.26. The zero-order valence-electron chi connectivity index (χ0n) is 6.85. The Kier molecular flexibility index (Phi) is 2.54. The lowest BCUT2D eigenvalue weighted by atomic mass is 10.0. The molecule has 0 saturated heterocycles. The molecule has 0 radical (unpaired) electrons. The van der Waals surface area contributed by atoms with Crippen molar-refractivity contribution in [3.63, 3.8) is 0 Å². The third-order valence-corrected chi connectivity index (χ3v) is 3.01. The van der Waals surface area contributed by atoms with Gasteiger partial charge in [0.25, 0.3) is 0 Å². The minimum absolute atomic E-state index is 0.885. The summed E-state index contributed by atoms with van der Waals surface area (Å²) in [6.45, 7) is 0.885. The van der Waals surface area contributed by atoms with E-state index in [1.165, 1.54) is 17.5 Å². The maximum atomic E-state index is 5.52. The first-order valence-corrected chi connectivity index (χ1v) is 5.73. The van der Waals surface area contributed by atoms with Crippen LogP contribution < -0.4 is 4.74 Å². The van der Waals surface area contributed by atoms with Crippen molar-refractivity contribution in [2.75, 3.05) is 6.61 Å². The molecule has 1 aromatic carbocycles. The number of hydrogen-bond donors (Lipinski definition) is 0. The van der Waals surface area contributed by atoms with Gasteiger partial charge in [-0.25, -0.2) is 0 Å². The SMILES string of the molecule is ICc1ccc2c(c1)CCCO2. The smallest absolute Gasteiger partial charge is 0.122 e. The molecule has 0 aromatic heterocycles. The number of halogens is 1. The van der Waals surface area contributed by atoms with Gasteiger partial charge in [0.2, 0.25) is 0 Å².